The summed E-state index contributed by atoms with van der Waals surface area (Å²) in [5.74, 6) is 0.0164. The van der Waals surface area contributed by atoms with Crippen LogP contribution in [0.2, 0.25) is 0 Å². The van der Waals surface area contributed by atoms with Crippen molar-refractivity contribution >= 4 is 35.2 Å². The van der Waals surface area contributed by atoms with Gasteiger partial charge in [-0.05, 0) is 38.9 Å². The van der Waals surface area contributed by atoms with E-state index in [-0.39, 0.29) is 30.4 Å². The lowest BCUT2D eigenvalue weighted by Gasteiger charge is -2.31. The Labute approximate surface area is 162 Å². The summed E-state index contributed by atoms with van der Waals surface area (Å²) in [5.41, 5.74) is 2.48. The second-order valence-corrected chi connectivity index (χ2v) is 7.44. The molecule has 3 aromatic heterocycles. The molecule has 0 saturated carbocycles. The molecule has 1 amide bonds. The number of nitrogens with one attached hydrogen (secondary N) is 1. The molecular weight excluding hydrogens is 370 g/mol. The van der Waals surface area contributed by atoms with Crippen molar-refractivity contribution in [2.45, 2.75) is 32.4 Å². The molecule has 138 valence electrons. The van der Waals surface area contributed by atoms with E-state index in [0.29, 0.717) is 5.69 Å². The number of aromatic nitrogens is 3. The molecule has 0 aliphatic carbocycles. The molecule has 0 bridgehead atoms. The molecule has 0 radical (unpaired) electrons. The molecule has 1 atom stereocenters. The Morgan fingerprint density at radius 1 is 1.42 bits per heavy atom. The smallest absolute Gasteiger partial charge is 0.273 e. The fraction of sp³-hybridized carbons (Fsp3) is 0.389. The zero-order chi connectivity index (χ0) is 17.4. The molecule has 1 aliphatic rings. The predicted molar refractivity (Wildman–Crippen MR) is 106 cm³/mol. The van der Waals surface area contributed by atoms with Gasteiger partial charge in [0, 0.05) is 30.2 Å². The molecule has 4 heterocycles. The van der Waals surface area contributed by atoms with Gasteiger partial charge in [0.15, 0.2) is 0 Å². The van der Waals surface area contributed by atoms with E-state index in [1.165, 1.54) is 11.3 Å². The number of amides is 1. The zero-order valence-electron chi connectivity index (χ0n) is 14.8. The highest BCUT2D eigenvalue weighted by molar-refractivity contribution is 7.13. The van der Waals surface area contributed by atoms with E-state index in [4.69, 9.17) is 0 Å². The quantitative estimate of drug-likeness (QED) is 0.742. The van der Waals surface area contributed by atoms with Crippen molar-refractivity contribution in [3.8, 4) is 10.6 Å². The van der Waals surface area contributed by atoms with E-state index in [1.54, 1.807) is 0 Å². The first-order valence-electron chi connectivity index (χ1n) is 8.57. The van der Waals surface area contributed by atoms with E-state index < -0.39 is 0 Å². The van der Waals surface area contributed by atoms with Gasteiger partial charge in [-0.25, -0.2) is 9.50 Å². The summed E-state index contributed by atoms with van der Waals surface area (Å²) in [5, 5.41) is 10.4. The number of rotatable bonds is 4. The first-order chi connectivity index (χ1) is 12.1. The molecule has 0 unspecified atom stereocenters. The van der Waals surface area contributed by atoms with Gasteiger partial charge in [-0.3, -0.25) is 4.79 Å². The van der Waals surface area contributed by atoms with Crippen molar-refractivity contribution in [1.29, 1.82) is 0 Å². The Morgan fingerprint density at radius 2 is 2.27 bits per heavy atom. The van der Waals surface area contributed by atoms with Crippen molar-refractivity contribution in [3.63, 3.8) is 0 Å². The Morgan fingerprint density at radius 3 is 3.00 bits per heavy atom. The molecule has 1 saturated heterocycles. The molecule has 3 aromatic rings. The second-order valence-electron chi connectivity index (χ2n) is 6.58. The molecule has 1 aliphatic heterocycles. The molecule has 6 nitrogen and oxygen atoms in total. The zero-order valence-corrected chi connectivity index (χ0v) is 16.4. The van der Waals surface area contributed by atoms with Crippen LogP contribution in [0.25, 0.3) is 16.1 Å². The number of hydrogen-bond donors (Lipinski definition) is 1. The molecule has 26 heavy (non-hydrogen) atoms. The normalized spacial score (nSPS) is 16.8. The number of pyridine rings is 1. The van der Waals surface area contributed by atoms with Gasteiger partial charge in [-0.1, -0.05) is 6.07 Å². The van der Waals surface area contributed by atoms with Crippen LogP contribution in [0, 0.1) is 0 Å². The first-order valence-corrected chi connectivity index (χ1v) is 9.45. The summed E-state index contributed by atoms with van der Waals surface area (Å²) >= 11 is 1.49. The van der Waals surface area contributed by atoms with Crippen LogP contribution in [-0.2, 0) is 0 Å². The molecule has 1 fully saturated rings. The van der Waals surface area contributed by atoms with Gasteiger partial charge in [0.25, 0.3) is 5.91 Å². The van der Waals surface area contributed by atoms with Crippen LogP contribution < -0.4 is 5.32 Å². The Hall–Kier alpha value is -1.96. The topological polar surface area (TPSA) is 62.5 Å². The molecule has 0 spiro atoms. The lowest BCUT2D eigenvalue weighted by Crippen LogP contribution is -2.46. The summed E-state index contributed by atoms with van der Waals surface area (Å²) in [4.78, 5) is 19.6. The maximum absolute atomic E-state index is 13.0. The van der Waals surface area contributed by atoms with E-state index >= 15 is 0 Å². The summed E-state index contributed by atoms with van der Waals surface area (Å²) in [7, 11) is 0. The standard InChI is InChI=1S/C18H21N5OS.ClH/c1-12(2)23(13-6-7-19-9-13)18(24)15-11-25-17(21-15)14-10-20-22-8-4-3-5-16(14)22;/h3-5,8,10-13,19H,6-7,9H2,1-2H3;1H/t13-;/m0./s1. The van der Waals surface area contributed by atoms with Crippen LogP contribution in [0.4, 0.5) is 0 Å². The van der Waals surface area contributed by atoms with Crippen LogP contribution in [-0.4, -0.2) is 50.6 Å². The number of thiazole rings is 1. The summed E-state index contributed by atoms with van der Waals surface area (Å²) < 4.78 is 1.82. The third kappa shape index (κ3) is 3.34. The van der Waals surface area contributed by atoms with E-state index in [1.807, 2.05) is 45.4 Å². The highest BCUT2D eigenvalue weighted by Crippen LogP contribution is 2.28. The average Bonchev–Trinajstić information content (AvgIpc) is 3.34. The van der Waals surface area contributed by atoms with E-state index in [9.17, 15) is 4.79 Å². The van der Waals surface area contributed by atoms with Crippen molar-refractivity contribution in [1.82, 2.24) is 24.8 Å². The van der Waals surface area contributed by atoms with Gasteiger partial charge in [0.1, 0.15) is 10.7 Å². The van der Waals surface area contributed by atoms with E-state index in [0.717, 1.165) is 35.6 Å². The Kier molecular flexibility index (Phi) is 5.60. The van der Waals surface area contributed by atoms with Gasteiger partial charge in [-0.15, -0.1) is 23.7 Å². The Balaban J connectivity index is 0.00000196. The third-order valence-electron chi connectivity index (χ3n) is 4.60. The van der Waals surface area contributed by atoms with Crippen LogP contribution in [0.5, 0.6) is 0 Å². The average molecular weight is 392 g/mol. The van der Waals surface area contributed by atoms with Crippen LogP contribution in [0.3, 0.4) is 0 Å². The van der Waals surface area contributed by atoms with Gasteiger partial charge in [-0.2, -0.15) is 5.10 Å². The molecule has 4 rings (SSSR count). The minimum atomic E-state index is 0. The first kappa shape index (κ1) is 18.8. The van der Waals surface area contributed by atoms with Gasteiger partial charge >= 0.3 is 0 Å². The maximum Gasteiger partial charge on any atom is 0.273 e. The van der Waals surface area contributed by atoms with Crippen LogP contribution in [0.1, 0.15) is 30.8 Å². The fourth-order valence-corrected chi connectivity index (χ4v) is 4.24. The van der Waals surface area contributed by atoms with Crippen LogP contribution >= 0.6 is 23.7 Å². The molecule has 1 N–H and O–H groups in total. The minimum absolute atomic E-state index is 0. The SMILES string of the molecule is CC(C)N(C(=O)c1csc(-c2cnn3ccccc23)n1)[C@H]1CCNC1.Cl. The number of carbonyl (C=O) groups is 1. The highest BCUT2D eigenvalue weighted by atomic mass is 35.5. The summed E-state index contributed by atoms with van der Waals surface area (Å²) in [6.45, 7) is 5.95. The molecular formula is C18H22ClN5OS. The monoisotopic (exact) mass is 391 g/mol. The highest BCUT2D eigenvalue weighted by Gasteiger charge is 2.30. The lowest BCUT2D eigenvalue weighted by atomic mass is 10.1. The fourth-order valence-electron chi connectivity index (χ4n) is 3.43. The van der Waals surface area contributed by atoms with Crippen molar-refractivity contribution < 1.29 is 4.79 Å². The Bertz CT molecular complexity index is 900. The number of nitrogens with zero attached hydrogens (tertiary/aromatic N) is 4. The maximum atomic E-state index is 13.0. The minimum Gasteiger partial charge on any atom is -0.331 e. The van der Waals surface area contributed by atoms with Crippen molar-refractivity contribution in [3.05, 3.63) is 41.7 Å². The van der Waals surface area contributed by atoms with Crippen molar-refractivity contribution in [2.24, 2.45) is 0 Å². The summed E-state index contributed by atoms with van der Waals surface area (Å²) in [6.07, 6.45) is 4.71. The number of carbonyl (C=O) groups excluding carboxylic acids is 1. The molecule has 0 aromatic carbocycles. The summed E-state index contributed by atoms with van der Waals surface area (Å²) in [6, 6.07) is 6.33. The second kappa shape index (κ2) is 7.73. The molecule has 8 heteroatoms. The number of hydrogen-bond acceptors (Lipinski definition) is 5. The van der Waals surface area contributed by atoms with Gasteiger partial charge < -0.3 is 10.2 Å². The third-order valence-corrected chi connectivity index (χ3v) is 5.47. The van der Waals surface area contributed by atoms with Crippen LogP contribution in [0.15, 0.2) is 36.0 Å². The van der Waals surface area contributed by atoms with Gasteiger partial charge in [0.05, 0.1) is 17.3 Å². The number of halogens is 1. The lowest BCUT2D eigenvalue weighted by molar-refractivity contribution is 0.0621. The van der Waals surface area contributed by atoms with E-state index in [2.05, 4.69) is 29.2 Å². The van der Waals surface area contributed by atoms with Gasteiger partial charge in [0.2, 0.25) is 0 Å². The van der Waals surface area contributed by atoms with Crippen molar-refractivity contribution in [2.75, 3.05) is 13.1 Å². The largest absolute Gasteiger partial charge is 0.331 e. The predicted octanol–water partition coefficient (Wildman–Crippen LogP) is 3.09. The number of fused-ring (bicyclic) bond motifs is 1.